The number of esters is 1. The molecule has 0 radical (unpaired) electrons. The molecule has 0 spiro atoms. The van der Waals surface area contributed by atoms with Crippen LogP contribution >= 0.6 is 0 Å². The van der Waals surface area contributed by atoms with Crippen LogP contribution in [0.5, 0.6) is 0 Å². The van der Waals surface area contributed by atoms with Gasteiger partial charge in [0, 0.05) is 18.4 Å². The fourth-order valence-corrected chi connectivity index (χ4v) is 4.05. The Morgan fingerprint density at radius 3 is 2.63 bits per heavy atom. The van der Waals surface area contributed by atoms with E-state index in [4.69, 9.17) is 15.2 Å². The fourth-order valence-electron chi connectivity index (χ4n) is 4.05. The molecule has 0 bridgehead atoms. The maximum Gasteiger partial charge on any atom is 0.340 e. The van der Waals surface area contributed by atoms with Crippen LogP contribution in [0.25, 0.3) is 0 Å². The number of ether oxygens (including phenoxy) is 2. The summed E-state index contributed by atoms with van der Waals surface area (Å²) in [6.45, 7) is 10.0. The fraction of sp³-hybridized carbons (Fsp3) is 0.455. The number of nitrogens with two attached hydrogens (primary N) is 1. The normalized spacial score (nSPS) is 21.7. The summed E-state index contributed by atoms with van der Waals surface area (Å²) >= 11 is 0. The van der Waals surface area contributed by atoms with E-state index in [2.05, 4.69) is 0 Å². The first-order valence-corrected chi connectivity index (χ1v) is 9.32. The summed E-state index contributed by atoms with van der Waals surface area (Å²) in [7, 11) is 0. The average Bonchev–Trinajstić information content (AvgIpc) is 2.52. The van der Waals surface area contributed by atoms with Crippen LogP contribution in [0.4, 0.5) is 0 Å². The third-order valence-electron chi connectivity index (χ3n) is 5.19. The maximum atomic E-state index is 13.1. The molecule has 1 aliphatic heterocycles. The molecule has 1 aromatic rings. The Labute approximate surface area is 160 Å². The number of Topliss-reactive ketones (excluding diaryl/α,β-unsaturated/α-hetero) is 1. The molecule has 1 aromatic carbocycles. The van der Waals surface area contributed by atoms with Gasteiger partial charge in [-0.25, -0.2) is 4.79 Å². The van der Waals surface area contributed by atoms with Crippen LogP contribution in [0.15, 0.2) is 41.0 Å². The lowest BCUT2D eigenvalue weighted by atomic mass is 9.69. The van der Waals surface area contributed by atoms with Crippen molar-refractivity contribution in [3.63, 3.8) is 0 Å². The van der Waals surface area contributed by atoms with Crippen LogP contribution < -0.4 is 5.73 Å². The lowest BCUT2D eigenvalue weighted by molar-refractivity contribution is -0.139. The van der Waals surface area contributed by atoms with E-state index in [1.807, 2.05) is 45.9 Å². The van der Waals surface area contributed by atoms with E-state index < -0.39 is 11.9 Å². The van der Waals surface area contributed by atoms with Gasteiger partial charge in [-0.1, -0.05) is 37.6 Å². The first-order valence-electron chi connectivity index (χ1n) is 9.32. The summed E-state index contributed by atoms with van der Waals surface area (Å²) in [6.07, 6.45) is 1.01. The molecule has 2 aliphatic rings. The number of benzene rings is 1. The number of carbonyl (C=O) groups excluding carboxylic acids is 2. The molecule has 0 saturated carbocycles. The van der Waals surface area contributed by atoms with E-state index in [1.54, 1.807) is 6.92 Å². The van der Waals surface area contributed by atoms with E-state index in [0.29, 0.717) is 24.2 Å². The third kappa shape index (κ3) is 3.51. The van der Waals surface area contributed by atoms with Gasteiger partial charge in [-0.3, -0.25) is 4.79 Å². The Hall–Kier alpha value is -2.56. The van der Waals surface area contributed by atoms with Crippen LogP contribution in [0.1, 0.15) is 56.2 Å². The van der Waals surface area contributed by atoms with Crippen molar-refractivity contribution < 1.29 is 19.1 Å². The molecule has 1 atom stereocenters. The first-order chi connectivity index (χ1) is 12.6. The topological polar surface area (TPSA) is 78.6 Å². The van der Waals surface area contributed by atoms with Gasteiger partial charge < -0.3 is 15.2 Å². The van der Waals surface area contributed by atoms with E-state index in [1.165, 1.54) is 0 Å². The highest BCUT2D eigenvalue weighted by molar-refractivity contribution is 6.03. The summed E-state index contributed by atoms with van der Waals surface area (Å²) in [6, 6.07) is 5.99. The number of hydrogen-bond donors (Lipinski definition) is 1. The molecule has 144 valence electrons. The largest absolute Gasteiger partial charge is 0.462 e. The summed E-state index contributed by atoms with van der Waals surface area (Å²) in [5, 5.41) is 0. The smallest absolute Gasteiger partial charge is 0.340 e. The minimum atomic E-state index is -0.558. The van der Waals surface area contributed by atoms with Gasteiger partial charge in [-0.05, 0) is 37.3 Å². The highest BCUT2D eigenvalue weighted by atomic mass is 16.5. The van der Waals surface area contributed by atoms with Crippen molar-refractivity contribution in [2.75, 3.05) is 6.61 Å². The summed E-state index contributed by atoms with van der Waals surface area (Å²) < 4.78 is 11.0. The molecular weight excluding hydrogens is 342 g/mol. The molecule has 1 heterocycles. The maximum absolute atomic E-state index is 13.1. The van der Waals surface area contributed by atoms with Gasteiger partial charge in [-0.2, -0.15) is 0 Å². The van der Waals surface area contributed by atoms with Gasteiger partial charge in [0.2, 0.25) is 5.88 Å². The minimum Gasteiger partial charge on any atom is -0.462 e. The molecule has 1 aliphatic carbocycles. The predicted molar refractivity (Wildman–Crippen MR) is 103 cm³/mol. The number of carbonyl (C=O) groups is 2. The molecule has 3 rings (SSSR count). The van der Waals surface area contributed by atoms with Gasteiger partial charge in [0.15, 0.2) is 5.78 Å². The van der Waals surface area contributed by atoms with Crippen molar-refractivity contribution >= 4 is 11.8 Å². The van der Waals surface area contributed by atoms with Crippen molar-refractivity contribution in [3.05, 3.63) is 57.7 Å². The van der Waals surface area contributed by atoms with Gasteiger partial charge in [-0.15, -0.1) is 0 Å². The van der Waals surface area contributed by atoms with E-state index >= 15 is 0 Å². The van der Waals surface area contributed by atoms with E-state index in [-0.39, 0.29) is 29.3 Å². The van der Waals surface area contributed by atoms with Gasteiger partial charge in [0.05, 0.1) is 12.5 Å². The molecule has 0 amide bonds. The standard InChI is InChI=1S/C22H27NO4/c1-6-26-21(25)19-17(14-8-7-12(2)9-13(14)3)18-15(24)10-22(4,5)11-16(18)27-20(19)23/h7-9,17H,6,10-11,23H2,1-5H3/t17-/m1/s1. The van der Waals surface area contributed by atoms with Crippen LogP contribution in [-0.4, -0.2) is 18.4 Å². The monoisotopic (exact) mass is 369 g/mol. The highest BCUT2D eigenvalue weighted by Gasteiger charge is 2.45. The Bertz CT molecular complexity index is 876. The molecule has 2 N–H and O–H groups in total. The van der Waals surface area contributed by atoms with Crippen LogP contribution in [0.2, 0.25) is 0 Å². The predicted octanol–water partition coefficient (Wildman–Crippen LogP) is 3.79. The van der Waals surface area contributed by atoms with E-state index in [0.717, 1.165) is 16.7 Å². The number of hydrogen-bond acceptors (Lipinski definition) is 5. The Morgan fingerprint density at radius 1 is 1.30 bits per heavy atom. The SMILES string of the molecule is CCOC(=O)C1=C(N)OC2=C(C(=O)CC(C)(C)C2)[C@H]1c1ccc(C)cc1C. The third-order valence-corrected chi connectivity index (χ3v) is 5.19. The molecule has 0 aromatic heterocycles. The van der Waals surface area contributed by atoms with Crippen molar-refractivity contribution in [1.82, 2.24) is 0 Å². The molecule has 0 saturated heterocycles. The zero-order valence-electron chi connectivity index (χ0n) is 16.6. The van der Waals surface area contributed by atoms with E-state index in [9.17, 15) is 9.59 Å². The molecule has 0 fully saturated rings. The van der Waals surface area contributed by atoms with Crippen molar-refractivity contribution in [2.45, 2.75) is 53.4 Å². The van der Waals surface area contributed by atoms with Crippen molar-refractivity contribution in [2.24, 2.45) is 11.1 Å². The quantitative estimate of drug-likeness (QED) is 0.820. The number of rotatable bonds is 3. The lowest BCUT2D eigenvalue weighted by Crippen LogP contribution is -2.36. The minimum absolute atomic E-state index is 0.000485. The van der Waals surface area contributed by atoms with Crippen LogP contribution in [0.3, 0.4) is 0 Å². The number of aryl methyl sites for hydroxylation is 2. The average molecular weight is 369 g/mol. The second kappa shape index (κ2) is 6.87. The van der Waals surface area contributed by atoms with Crippen molar-refractivity contribution in [1.29, 1.82) is 0 Å². The number of ketones is 1. The Balaban J connectivity index is 2.22. The van der Waals surface area contributed by atoms with Crippen LogP contribution in [0, 0.1) is 19.3 Å². The molecule has 27 heavy (non-hydrogen) atoms. The van der Waals surface area contributed by atoms with Crippen LogP contribution in [-0.2, 0) is 19.1 Å². The summed E-state index contributed by atoms with van der Waals surface area (Å²) in [5.41, 5.74) is 9.72. The zero-order chi connectivity index (χ0) is 19.9. The molecule has 0 unspecified atom stereocenters. The molecule has 5 nitrogen and oxygen atoms in total. The molecular formula is C22H27NO4. The lowest BCUT2D eigenvalue weighted by Gasteiger charge is -2.38. The second-order valence-electron chi connectivity index (χ2n) is 8.17. The Kier molecular flexibility index (Phi) is 4.89. The second-order valence-corrected chi connectivity index (χ2v) is 8.17. The Morgan fingerprint density at radius 2 is 2.00 bits per heavy atom. The van der Waals surface area contributed by atoms with Gasteiger partial charge in [0.25, 0.3) is 0 Å². The summed E-state index contributed by atoms with van der Waals surface area (Å²) in [4.78, 5) is 25.8. The van der Waals surface area contributed by atoms with Gasteiger partial charge >= 0.3 is 5.97 Å². The summed E-state index contributed by atoms with van der Waals surface area (Å²) in [5.74, 6) is -0.490. The van der Waals surface area contributed by atoms with Gasteiger partial charge in [0.1, 0.15) is 11.3 Å². The first kappa shape index (κ1) is 19.2. The molecule has 5 heteroatoms. The number of allylic oxidation sites excluding steroid dienone is 2. The highest BCUT2D eigenvalue weighted by Crippen LogP contribution is 2.48. The van der Waals surface area contributed by atoms with Crippen molar-refractivity contribution in [3.8, 4) is 0 Å². The zero-order valence-corrected chi connectivity index (χ0v) is 16.6.